The monoisotopic (exact) mass is 798 g/mol. The molecular weight excluding hydrogens is 746 g/mol. The topological polar surface area (TPSA) is 195 Å². The summed E-state index contributed by atoms with van der Waals surface area (Å²) in [7, 11) is 0. The van der Waals surface area contributed by atoms with Gasteiger partial charge in [-0.25, -0.2) is 13.6 Å². The molecule has 1 aromatic carbocycles. The number of amides is 6. The highest BCUT2D eigenvalue weighted by atomic mass is 19.1. The van der Waals surface area contributed by atoms with Crippen molar-refractivity contribution in [3.8, 4) is 0 Å². The molecule has 1 unspecified atom stereocenters. The van der Waals surface area contributed by atoms with Crippen molar-refractivity contribution in [3.63, 3.8) is 0 Å². The largest absolute Gasteiger partial charge is 0.458 e. The summed E-state index contributed by atoms with van der Waals surface area (Å²) >= 11 is 0. The lowest BCUT2D eigenvalue weighted by atomic mass is 10.00. The number of carbonyl (C=O) groups is 7. The predicted octanol–water partition coefficient (Wildman–Crippen LogP) is 1.38. The van der Waals surface area contributed by atoms with Gasteiger partial charge in [-0.1, -0.05) is 32.8 Å². The molecule has 4 aliphatic heterocycles. The molecule has 4 N–H and O–H groups in total. The van der Waals surface area contributed by atoms with Crippen molar-refractivity contribution >= 4 is 41.4 Å². The van der Waals surface area contributed by atoms with Gasteiger partial charge in [0.1, 0.15) is 53.6 Å². The lowest BCUT2D eigenvalue weighted by Crippen LogP contribution is -2.61. The highest BCUT2D eigenvalue weighted by molar-refractivity contribution is 6.03. The van der Waals surface area contributed by atoms with Crippen LogP contribution in [-0.4, -0.2) is 123 Å². The van der Waals surface area contributed by atoms with Crippen molar-refractivity contribution in [2.75, 3.05) is 19.6 Å². The van der Waals surface area contributed by atoms with Crippen LogP contribution >= 0.6 is 0 Å². The van der Waals surface area contributed by atoms with Crippen LogP contribution in [0.1, 0.15) is 78.2 Å². The Kier molecular flexibility index (Phi) is 14.2. The molecular formula is C40H52F2N6O9. The van der Waals surface area contributed by atoms with E-state index in [9.17, 15) is 47.4 Å². The molecule has 310 valence electrons. The summed E-state index contributed by atoms with van der Waals surface area (Å²) in [6, 6.07) is -3.80. The number of hydrogen-bond donors (Lipinski definition) is 4. The number of ether oxygens (including phenoxy) is 1. The fraction of sp³-hybridized carbons (Fsp3) is 0.575. The van der Waals surface area contributed by atoms with Gasteiger partial charge in [0.2, 0.25) is 23.6 Å². The van der Waals surface area contributed by atoms with Crippen LogP contribution in [0.25, 0.3) is 0 Å². The number of hydrogen-bond acceptors (Lipinski definition) is 9. The van der Waals surface area contributed by atoms with Crippen LogP contribution in [0.15, 0.2) is 42.1 Å². The smallest absolute Gasteiger partial charge is 0.329 e. The van der Waals surface area contributed by atoms with E-state index in [1.54, 1.807) is 6.08 Å². The minimum absolute atomic E-state index is 0.0136. The number of halogens is 2. The molecule has 8 atom stereocenters. The van der Waals surface area contributed by atoms with E-state index in [4.69, 9.17) is 4.74 Å². The first-order valence-electron chi connectivity index (χ1n) is 19.6. The van der Waals surface area contributed by atoms with Gasteiger partial charge in [-0.2, -0.15) is 0 Å². The molecule has 3 saturated heterocycles. The van der Waals surface area contributed by atoms with E-state index in [0.29, 0.717) is 25.3 Å². The average molecular weight is 799 g/mol. The first-order chi connectivity index (χ1) is 27.1. The molecule has 0 radical (unpaired) electrons. The Labute approximate surface area is 330 Å². The van der Waals surface area contributed by atoms with Gasteiger partial charge in [0.05, 0.1) is 12.6 Å². The number of benzene rings is 1. The van der Waals surface area contributed by atoms with Gasteiger partial charge in [0.15, 0.2) is 0 Å². The van der Waals surface area contributed by atoms with Crippen molar-refractivity contribution in [1.82, 2.24) is 30.7 Å². The van der Waals surface area contributed by atoms with Gasteiger partial charge in [-0.15, -0.1) is 0 Å². The highest BCUT2D eigenvalue weighted by Gasteiger charge is 2.46. The van der Waals surface area contributed by atoms with Crippen molar-refractivity contribution in [2.45, 2.75) is 121 Å². The summed E-state index contributed by atoms with van der Waals surface area (Å²) in [6.45, 7) is 6.54. The maximum atomic E-state index is 14.6. The zero-order valence-electron chi connectivity index (χ0n) is 32.7. The summed E-state index contributed by atoms with van der Waals surface area (Å²) < 4.78 is 34.3. The molecule has 4 heterocycles. The zero-order valence-corrected chi connectivity index (χ0v) is 32.7. The fourth-order valence-corrected chi connectivity index (χ4v) is 7.77. The van der Waals surface area contributed by atoms with Crippen LogP contribution in [0.3, 0.4) is 0 Å². The molecule has 0 aliphatic carbocycles. The van der Waals surface area contributed by atoms with E-state index in [0.717, 1.165) is 29.9 Å². The molecule has 1 aromatic rings. The SMILES string of the molecule is CCCC/C=C/C(=O)N[C@@H](Cc1cc(F)cc(F)c1)C(=O)N[C@@H]1C(=O)N2C[C@H](O)C=C2C(=O)N2CCCC[C@H]2C(=O)N[C@@H](C)C(=O)N2C[C@H](C)CC2C(=O)O[C@H]1C. The highest BCUT2D eigenvalue weighted by Crippen LogP contribution is 2.28. The Morgan fingerprint density at radius 3 is 2.42 bits per heavy atom. The maximum Gasteiger partial charge on any atom is 0.329 e. The molecule has 4 aliphatic rings. The molecule has 17 heteroatoms. The minimum Gasteiger partial charge on any atom is -0.458 e. The number of esters is 1. The van der Waals surface area contributed by atoms with Gasteiger partial charge < -0.3 is 40.5 Å². The number of piperidine rings is 1. The van der Waals surface area contributed by atoms with Crippen LogP contribution in [-0.2, 0) is 44.7 Å². The van der Waals surface area contributed by atoms with Gasteiger partial charge in [0, 0.05) is 25.6 Å². The molecule has 3 fully saturated rings. The van der Waals surface area contributed by atoms with Crippen LogP contribution in [0.4, 0.5) is 8.78 Å². The van der Waals surface area contributed by atoms with Gasteiger partial charge in [-0.3, -0.25) is 28.8 Å². The average Bonchev–Trinajstić information content (AvgIpc) is 3.75. The Hall–Kier alpha value is -5.19. The van der Waals surface area contributed by atoms with E-state index in [2.05, 4.69) is 16.0 Å². The summed E-state index contributed by atoms with van der Waals surface area (Å²) in [6.07, 6.45) is 4.70. The number of carbonyl (C=O) groups excluding carboxylic acids is 7. The number of rotatable bonds is 9. The summed E-state index contributed by atoms with van der Waals surface area (Å²) in [5, 5.41) is 18.6. The molecule has 0 spiro atoms. The number of cyclic esters (lactones) is 1. The molecule has 0 bridgehead atoms. The van der Waals surface area contributed by atoms with Crippen molar-refractivity contribution in [2.24, 2.45) is 5.92 Å². The summed E-state index contributed by atoms with van der Waals surface area (Å²) in [5.41, 5.74) is -0.256. The number of aliphatic hydroxyl groups excluding tert-OH is 1. The normalized spacial score (nSPS) is 28.0. The predicted molar refractivity (Wildman–Crippen MR) is 200 cm³/mol. The number of allylic oxidation sites excluding steroid dienone is 1. The number of aliphatic hydroxyl groups is 1. The molecule has 57 heavy (non-hydrogen) atoms. The molecule has 5 rings (SSSR count). The van der Waals surface area contributed by atoms with Crippen molar-refractivity contribution < 1.29 is 52.2 Å². The number of unbranched alkanes of at least 4 members (excludes halogenated alkanes) is 2. The van der Waals surface area contributed by atoms with E-state index >= 15 is 0 Å². The van der Waals surface area contributed by atoms with Crippen molar-refractivity contribution in [3.05, 3.63) is 59.3 Å². The van der Waals surface area contributed by atoms with E-state index in [1.807, 2.05) is 13.8 Å². The Balaban J connectivity index is 1.53. The van der Waals surface area contributed by atoms with Gasteiger partial charge in [0.25, 0.3) is 11.8 Å². The Bertz CT molecular complexity index is 1790. The first kappa shape index (κ1) is 42.9. The van der Waals surface area contributed by atoms with Crippen LogP contribution in [0, 0.1) is 17.6 Å². The summed E-state index contributed by atoms with van der Waals surface area (Å²) in [5.74, 6) is -7.40. The minimum atomic E-state index is -1.75. The molecule has 0 aromatic heterocycles. The Morgan fingerprint density at radius 1 is 1.00 bits per heavy atom. The second-order valence-corrected chi connectivity index (χ2v) is 15.4. The second-order valence-electron chi connectivity index (χ2n) is 15.4. The first-order valence-corrected chi connectivity index (χ1v) is 19.6. The summed E-state index contributed by atoms with van der Waals surface area (Å²) in [4.78, 5) is 101. The third-order valence-corrected chi connectivity index (χ3v) is 10.7. The molecule has 0 saturated carbocycles. The third-order valence-electron chi connectivity index (χ3n) is 10.7. The molecule has 15 nitrogen and oxygen atoms in total. The van der Waals surface area contributed by atoms with Crippen molar-refractivity contribution in [1.29, 1.82) is 0 Å². The van der Waals surface area contributed by atoms with E-state index in [1.165, 1.54) is 35.8 Å². The lowest BCUT2D eigenvalue weighted by molar-refractivity contribution is -0.162. The van der Waals surface area contributed by atoms with E-state index in [-0.39, 0.29) is 43.1 Å². The van der Waals surface area contributed by atoms with Crippen LogP contribution < -0.4 is 16.0 Å². The Morgan fingerprint density at radius 2 is 1.72 bits per heavy atom. The van der Waals surface area contributed by atoms with E-state index < -0.39 is 108 Å². The fourth-order valence-electron chi connectivity index (χ4n) is 7.77. The second kappa shape index (κ2) is 18.8. The quantitative estimate of drug-likeness (QED) is 0.162. The molecule has 6 amide bonds. The number of nitrogens with zero attached hydrogens (tertiary/aromatic N) is 3. The number of fused-ring (bicyclic) bond motifs is 3. The standard InChI is InChI=1S/C40H52F2N6O9/c1-5-6-7-8-12-33(50)44-29(17-25-15-26(41)18-27(42)16-25)35(51)45-34-24(4)57-40(56)32-14-22(2)20-47(32)37(53)23(3)43-36(52)30-11-9-10-13-46(30)38(54)31-19-28(49)21-48(31)39(34)55/h8,12,15-16,18-19,22-24,28-30,32,34,49H,5-7,9-11,13-14,17,20-21H2,1-4H3,(H,43,52)(H,44,50)(H,45,51)/b12-8+/t22-,23+,24+,28-,29+,30+,32?,34+/m1/s1. The van der Waals surface area contributed by atoms with Crippen LogP contribution in [0.2, 0.25) is 0 Å². The maximum absolute atomic E-state index is 14.6. The van der Waals surface area contributed by atoms with Crippen LogP contribution in [0.5, 0.6) is 0 Å². The zero-order chi connectivity index (χ0) is 41.6. The lowest BCUT2D eigenvalue weighted by Gasteiger charge is -2.38. The van der Waals surface area contributed by atoms with Gasteiger partial charge >= 0.3 is 5.97 Å². The number of nitrogens with one attached hydrogen (secondary N) is 3. The third kappa shape index (κ3) is 10.4. The van der Waals surface area contributed by atoms with Gasteiger partial charge in [-0.05, 0) is 81.7 Å².